The van der Waals surface area contributed by atoms with Crippen molar-refractivity contribution in [1.82, 2.24) is 9.88 Å². The zero-order valence-electron chi connectivity index (χ0n) is 13.0. The minimum absolute atomic E-state index is 0. The average molecular weight is 351 g/mol. The molecule has 3 nitrogen and oxygen atoms in total. The van der Waals surface area contributed by atoms with Gasteiger partial charge in [0.2, 0.25) is 0 Å². The van der Waals surface area contributed by atoms with Gasteiger partial charge >= 0.3 is 0 Å². The topological polar surface area (TPSA) is 26.2 Å². The van der Waals surface area contributed by atoms with E-state index in [1.165, 1.54) is 5.69 Å². The highest BCUT2D eigenvalue weighted by molar-refractivity contribution is 6.37. The van der Waals surface area contributed by atoms with Gasteiger partial charge in [-0.3, -0.25) is 0 Å². The number of rotatable bonds is 6. The summed E-state index contributed by atoms with van der Waals surface area (Å²) in [7, 11) is 2.04. The molecule has 0 atom stereocenters. The Hall–Kier alpha value is -1.68. The Morgan fingerprint density at radius 2 is 1.91 bits per heavy atom. The Kier molecular flexibility index (Phi) is 6.34. The first kappa shape index (κ1) is 17.7. The molecule has 0 aliphatic carbocycles. The van der Waals surface area contributed by atoms with Crippen LogP contribution < -0.4 is 10.1 Å². The van der Waals surface area contributed by atoms with Gasteiger partial charge in [0, 0.05) is 37.4 Å². The Morgan fingerprint density at radius 3 is 2.70 bits per heavy atom. The fourth-order valence-electron chi connectivity index (χ4n) is 2.45. The van der Waals surface area contributed by atoms with Crippen LogP contribution in [0.5, 0.6) is 5.75 Å². The highest BCUT2D eigenvalue weighted by Crippen LogP contribution is 2.32. The first-order valence-electron chi connectivity index (χ1n) is 7.36. The Balaban J connectivity index is 0.00000192. The second-order valence-electron chi connectivity index (χ2n) is 5.23. The maximum atomic E-state index is 6.41. The Bertz CT molecular complexity index is 771. The van der Waals surface area contributed by atoms with Crippen molar-refractivity contribution < 1.29 is 4.74 Å². The fraction of sp³-hybridized carbons (Fsp3) is 0.222. The summed E-state index contributed by atoms with van der Waals surface area (Å²) in [6.07, 6.45) is 2.04. The van der Waals surface area contributed by atoms with Crippen molar-refractivity contribution in [3.05, 3.63) is 65.4 Å². The predicted octanol–water partition coefficient (Wildman–Crippen LogP) is 4.42. The van der Waals surface area contributed by atoms with Crippen LogP contribution in [0.25, 0.3) is 10.8 Å². The first-order valence-corrected chi connectivity index (χ1v) is 7.74. The van der Waals surface area contributed by atoms with Crippen LogP contribution in [0.1, 0.15) is 5.69 Å². The molecule has 0 spiro atoms. The molecule has 23 heavy (non-hydrogen) atoms. The average Bonchev–Trinajstić information content (AvgIpc) is 2.94. The molecular formula is C18H20Cl2N2O. The zero-order valence-corrected chi connectivity index (χ0v) is 14.5. The van der Waals surface area contributed by atoms with Crippen molar-refractivity contribution in [1.29, 1.82) is 0 Å². The number of aromatic nitrogens is 1. The lowest BCUT2D eigenvalue weighted by molar-refractivity contribution is 0.313. The Morgan fingerprint density at radius 1 is 1.09 bits per heavy atom. The van der Waals surface area contributed by atoms with Gasteiger partial charge in [0.15, 0.2) is 0 Å². The second kappa shape index (κ2) is 8.25. The van der Waals surface area contributed by atoms with Gasteiger partial charge in [0.25, 0.3) is 0 Å². The molecule has 122 valence electrons. The number of halogens is 2. The van der Waals surface area contributed by atoms with E-state index in [1.807, 2.05) is 55.7 Å². The van der Waals surface area contributed by atoms with E-state index in [1.54, 1.807) is 0 Å². The third-order valence-corrected chi connectivity index (χ3v) is 4.11. The molecule has 0 bridgehead atoms. The highest BCUT2D eigenvalue weighted by atomic mass is 35.5. The van der Waals surface area contributed by atoms with E-state index in [0.29, 0.717) is 11.6 Å². The van der Waals surface area contributed by atoms with E-state index in [-0.39, 0.29) is 12.4 Å². The maximum absolute atomic E-state index is 6.41. The Labute approximate surface area is 147 Å². The zero-order chi connectivity index (χ0) is 15.4. The summed E-state index contributed by atoms with van der Waals surface area (Å²) in [4.78, 5) is 0. The molecule has 5 heteroatoms. The van der Waals surface area contributed by atoms with E-state index in [2.05, 4.69) is 16.0 Å². The second-order valence-corrected chi connectivity index (χ2v) is 5.61. The van der Waals surface area contributed by atoms with Crippen molar-refractivity contribution in [2.45, 2.75) is 6.54 Å². The van der Waals surface area contributed by atoms with Gasteiger partial charge in [0.05, 0.1) is 5.02 Å². The molecule has 1 aromatic heterocycles. The van der Waals surface area contributed by atoms with Crippen LogP contribution >= 0.6 is 24.0 Å². The lowest BCUT2D eigenvalue weighted by Crippen LogP contribution is -2.21. The standard InChI is InChI=1S/C18H19ClN2O.ClH/c1-21-11-4-6-15(21)13-20-10-12-22-17-9-8-14-5-2-3-7-16(14)18(17)19;/h2-9,11,20H,10,12-13H2,1H3;1H. The summed E-state index contributed by atoms with van der Waals surface area (Å²) in [5, 5.41) is 6.20. The summed E-state index contributed by atoms with van der Waals surface area (Å²) in [5.41, 5.74) is 1.25. The molecule has 0 fully saturated rings. The lowest BCUT2D eigenvalue weighted by Gasteiger charge is -2.11. The summed E-state index contributed by atoms with van der Waals surface area (Å²) < 4.78 is 7.90. The third kappa shape index (κ3) is 4.20. The van der Waals surface area contributed by atoms with Crippen molar-refractivity contribution in [3.8, 4) is 5.75 Å². The van der Waals surface area contributed by atoms with E-state index in [9.17, 15) is 0 Å². The van der Waals surface area contributed by atoms with Crippen LogP contribution in [0.4, 0.5) is 0 Å². The van der Waals surface area contributed by atoms with Crippen molar-refractivity contribution in [2.24, 2.45) is 7.05 Å². The number of hydrogen-bond acceptors (Lipinski definition) is 2. The molecule has 3 rings (SSSR count). The molecule has 0 unspecified atom stereocenters. The molecule has 2 aromatic carbocycles. The van der Waals surface area contributed by atoms with Crippen molar-refractivity contribution >= 4 is 34.8 Å². The quantitative estimate of drug-likeness (QED) is 0.666. The van der Waals surface area contributed by atoms with Crippen LogP contribution in [0, 0.1) is 0 Å². The van der Waals surface area contributed by atoms with E-state index in [4.69, 9.17) is 16.3 Å². The van der Waals surface area contributed by atoms with E-state index < -0.39 is 0 Å². The normalized spacial score (nSPS) is 10.5. The number of benzene rings is 2. The summed E-state index contributed by atoms with van der Waals surface area (Å²) >= 11 is 6.41. The first-order chi connectivity index (χ1) is 10.8. The number of nitrogens with one attached hydrogen (secondary N) is 1. The SMILES string of the molecule is Cl.Cn1cccc1CNCCOc1ccc2ccccc2c1Cl. The van der Waals surface area contributed by atoms with E-state index >= 15 is 0 Å². The number of hydrogen-bond donors (Lipinski definition) is 1. The molecule has 3 aromatic rings. The van der Waals surface area contributed by atoms with Gasteiger partial charge in [-0.05, 0) is 23.6 Å². The molecule has 0 aliphatic heterocycles. The van der Waals surface area contributed by atoms with Crippen LogP contribution in [0.2, 0.25) is 5.02 Å². The number of nitrogens with zero attached hydrogens (tertiary/aromatic N) is 1. The molecule has 1 N–H and O–H groups in total. The maximum Gasteiger partial charge on any atom is 0.138 e. The van der Waals surface area contributed by atoms with Gasteiger partial charge in [0.1, 0.15) is 12.4 Å². The molecule has 1 heterocycles. The summed E-state index contributed by atoms with van der Waals surface area (Å²) in [6, 6.07) is 16.2. The molecule has 0 saturated heterocycles. The third-order valence-electron chi connectivity index (χ3n) is 3.72. The summed E-state index contributed by atoms with van der Waals surface area (Å²) in [5.74, 6) is 0.737. The molecule has 0 aliphatic rings. The summed E-state index contributed by atoms with van der Waals surface area (Å²) in [6.45, 7) is 2.19. The van der Waals surface area contributed by atoms with Gasteiger partial charge in [-0.15, -0.1) is 12.4 Å². The van der Waals surface area contributed by atoms with Gasteiger partial charge in [-0.1, -0.05) is 41.9 Å². The van der Waals surface area contributed by atoms with E-state index in [0.717, 1.165) is 29.6 Å². The van der Waals surface area contributed by atoms with Crippen LogP contribution in [0.3, 0.4) is 0 Å². The minimum Gasteiger partial charge on any atom is -0.491 e. The number of ether oxygens (including phenoxy) is 1. The molecule has 0 saturated carbocycles. The van der Waals surface area contributed by atoms with Crippen LogP contribution in [-0.2, 0) is 13.6 Å². The molecular weight excluding hydrogens is 331 g/mol. The molecule has 0 amide bonds. The monoisotopic (exact) mass is 350 g/mol. The van der Waals surface area contributed by atoms with Crippen LogP contribution in [0.15, 0.2) is 54.7 Å². The smallest absolute Gasteiger partial charge is 0.138 e. The van der Waals surface area contributed by atoms with Gasteiger partial charge in [-0.2, -0.15) is 0 Å². The lowest BCUT2D eigenvalue weighted by atomic mass is 10.1. The highest BCUT2D eigenvalue weighted by Gasteiger charge is 2.06. The van der Waals surface area contributed by atoms with Gasteiger partial charge in [-0.25, -0.2) is 0 Å². The largest absolute Gasteiger partial charge is 0.491 e. The van der Waals surface area contributed by atoms with Gasteiger partial charge < -0.3 is 14.6 Å². The minimum atomic E-state index is 0. The fourth-order valence-corrected chi connectivity index (χ4v) is 2.74. The number of fused-ring (bicyclic) bond motifs is 1. The van der Waals surface area contributed by atoms with Crippen molar-refractivity contribution in [3.63, 3.8) is 0 Å². The predicted molar refractivity (Wildman–Crippen MR) is 98.8 cm³/mol. The number of aryl methyl sites for hydroxylation is 1. The van der Waals surface area contributed by atoms with Crippen molar-refractivity contribution in [2.75, 3.05) is 13.2 Å². The molecule has 0 radical (unpaired) electrons. The van der Waals surface area contributed by atoms with Crippen LogP contribution in [-0.4, -0.2) is 17.7 Å².